The van der Waals surface area contributed by atoms with Gasteiger partial charge in [-0.25, -0.2) is 4.68 Å². The molecule has 0 saturated carbocycles. The van der Waals surface area contributed by atoms with E-state index < -0.39 is 5.91 Å². The Balaban J connectivity index is 1.83. The number of nitrogens with zero attached hydrogens (tertiary/aromatic N) is 4. The van der Waals surface area contributed by atoms with Gasteiger partial charge in [0, 0.05) is 29.4 Å². The summed E-state index contributed by atoms with van der Waals surface area (Å²) in [6.07, 6.45) is 8.28. The lowest BCUT2D eigenvalue weighted by atomic mass is 9.92. The van der Waals surface area contributed by atoms with Crippen molar-refractivity contribution < 1.29 is 14.3 Å². The van der Waals surface area contributed by atoms with E-state index in [0.717, 1.165) is 53.8 Å². The molecule has 2 aromatic carbocycles. The molecule has 1 aromatic heterocycles. The van der Waals surface area contributed by atoms with E-state index in [2.05, 4.69) is 13.8 Å². The number of hydrogen-bond donors (Lipinski definition) is 0. The van der Waals surface area contributed by atoms with Gasteiger partial charge in [-0.2, -0.15) is 10.4 Å². The van der Waals surface area contributed by atoms with Crippen LogP contribution in [-0.4, -0.2) is 39.6 Å². The Hall–Kier alpha value is -4.44. The minimum Gasteiger partial charge on any atom is -0.494 e. The SMILES string of the molecule is CCCCCCN1C(=O)C(C#N)=C(C)/C(=C\c2cn(-c3ccccc3)nc2-c2ccc(OCCC)cc2C)C1=O. The van der Waals surface area contributed by atoms with Crippen molar-refractivity contribution in [1.29, 1.82) is 5.26 Å². The van der Waals surface area contributed by atoms with Crippen LogP contribution in [0.1, 0.15) is 64.0 Å². The Morgan fingerprint density at radius 3 is 2.42 bits per heavy atom. The first-order chi connectivity index (χ1) is 19.4. The van der Waals surface area contributed by atoms with Crippen LogP contribution in [0.25, 0.3) is 23.0 Å². The maximum atomic E-state index is 13.7. The molecule has 1 aliphatic rings. The maximum Gasteiger partial charge on any atom is 0.271 e. The molecule has 0 fully saturated rings. The van der Waals surface area contributed by atoms with Gasteiger partial charge in [0.25, 0.3) is 11.8 Å². The Morgan fingerprint density at radius 1 is 0.975 bits per heavy atom. The first-order valence-electron chi connectivity index (χ1n) is 14.0. The fourth-order valence-electron chi connectivity index (χ4n) is 4.81. The number of imide groups is 1. The van der Waals surface area contributed by atoms with Crippen molar-refractivity contribution in [2.75, 3.05) is 13.2 Å². The molecule has 0 N–H and O–H groups in total. The molecule has 0 saturated heterocycles. The highest BCUT2D eigenvalue weighted by Crippen LogP contribution is 2.33. The Labute approximate surface area is 236 Å². The van der Waals surface area contributed by atoms with Gasteiger partial charge >= 0.3 is 0 Å². The van der Waals surface area contributed by atoms with Gasteiger partial charge in [0.2, 0.25) is 0 Å². The fraction of sp³-hybridized carbons (Fsp3) is 0.333. The zero-order chi connectivity index (χ0) is 28.6. The normalized spacial score (nSPS) is 14.7. The summed E-state index contributed by atoms with van der Waals surface area (Å²) >= 11 is 0. The fourth-order valence-corrected chi connectivity index (χ4v) is 4.81. The summed E-state index contributed by atoms with van der Waals surface area (Å²) in [5, 5.41) is 14.7. The molecule has 0 bridgehead atoms. The second-order valence-electron chi connectivity index (χ2n) is 10.0. The largest absolute Gasteiger partial charge is 0.494 e. The number of carbonyl (C=O) groups excluding carboxylic acids is 2. The van der Waals surface area contributed by atoms with Gasteiger partial charge in [-0.15, -0.1) is 0 Å². The van der Waals surface area contributed by atoms with Crippen LogP contribution >= 0.6 is 0 Å². The lowest BCUT2D eigenvalue weighted by Crippen LogP contribution is -2.43. The smallest absolute Gasteiger partial charge is 0.271 e. The molecule has 4 rings (SSSR count). The van der Waals surface area contributed by atoms with Crippen LogP contribution in [0.3, 0.4) is 0 Å². The summed E-state index contributed by atoms with van der Waals surface area (Å²) in [4.78, 5) is 27.9. The van der Waals surface area contributed by atoms with E-state index in [1.807, 2.05) is 67.7 Å². The third-order valence-corrected chi connectivity index (χ3v) is 7.05. The van der Waals surface area contributed by atoms with E-state index in [-0.39, 0.29) is 11.5 Å². The van der Waals surface area contributed by atoms with Crippen LogP contribution in [0.2, 0.25) is 0 Å². The zero-order valence-electron chi connectivity index (χ0n) is 23.7. The lowest BCUT2D eigenvalue weighted by Gasteiger charge is -2.27. The number of carbonyl (C=O) groups is 2. The van der Waals surface area contributed by atoms with E-state index in [9.17, 15) is 14.9 Å². The predicted molar refractivity (Wildman–Crippen MR) is 157 cm³/mol. The minimum atomic E-state index is -0.516. The van der Waals surface area contributed by atoms with Gasteiger partial charge in [-0.3, -0.25) is 14.5 Å². The van der Waals surface area contributed by atoms with Gasteiger partial charge in [0.05, 0.1) is 12.3 Å². The summed E-state index contributed by atoms with van der Waals surface area (Å²) in [5.41, 5.74) is 4.91. The molecule has 0 atom stereocenters. The molecule has 2 amide bonds. The van der Waals surface area contributed by atoms with Crippen molar-refractivity contribution in [3.8, 4) is 28.8 Å². The predicted octanol–water partition coefficient (Wildman–Crippen LogP) is 6.81. The van der Waals surface area contributed by atoms with Crippen LogP contribution in [-0.2, 0) is 9.59 Å². The van der Waals surface area contributed by atoms with Crippen molar-refractivity contribution >= 4 is 17.9 Å². The quantitative estimate of drug-likeness (QED) is 0.153. The van der Waals surface area contributed by atoms with Crippen molar-refractivity contribution in [1.82, 2.24) is 14.7 Å². The van der Waals surface area contributed by atoms with Gasteiger partial charge in [0.1, 0.15) is 23.1 Å². The summed E-state index contributed by atoms with van der Waals surface area (Å²) in [7, 11) is 0. The molecular formula is C33H36N4O3. The molecule has 0 unspecified atom stereocenters. The third kappa shape index (κ3) is 6.07. The molecule has 7 nitrogen and oxygen atoms in total. The highest BCUT2D eigenvalue weighted by Gasteiger charge is 2.35. The van der Waals surface area contributed by atoms with Crippen LogP contribution in [0, 0.1) is 18.3 Å². The number of aromatic nitrogens is 2. The minimum absolute atomic E-state index is 0.00643. The number of nitriles is 1. The number of unbranched alkanes of at least 4 members (excludes halogenated alkanes) is 3. The Kier molecular flexibility index (Phi) is 9.34. The second kappa shape index (κ2) is 13.1. The molecule has 3 aromatic rings. The average Bonchev–Trinajstić information content (AvgIpc) is 3.38. The highest BCUT2D eigenvalue weighted by atomic mass is 16.5. The zero-order valence-corrected chi connectivity index (χ0v) is 23.7. The number of ether oxygens (including phenoxy) is 1. The number of benzene rings is 2. The molecular weight excluding hydrogens is 500 g/mol. The summed E-state index contributed by atoms with van der Waals surface area (Å²) < 4.78 is 7.60. The molecule has 7 heteroatoms. The number of aryl methyl sites for hydroxylation is 1. The van der Waals surface area contributed by atoms with Crippen molar-refractivity contribution in [2.45, 2.75) is 59.8 Å². The van der Waals surface area contributed by atoms with Gasteiger partial charge < -0.3 is 4.74 Å². The maximum absolute atomic E-state index is 13.7. The van der Waals surface area contributed by atoms with E-state index in [4.69, 9.17) is 9.84 Å². The van der Waals surface area contributed by atoms with Crippen LogP contribution in [0.4, 0.5) is 0 Å². The lowest BCUT2D eigenvalue weighted by molar-refractivity contribution is -0.140. The number of rotatable bonds is 11. The first kappa shape index (κ1) is 28.6. The van der Waals surface area contributed by atoms with Crippen LogP contribution in [0.15, 0.2) is 71.4 Å². The topological polar surface area (TPSA) is 88.2 Å². The van der Waals surface area contributed by atoms with Crippen molar-refractivity contribution in [2.24, 2.45) is 0 Å². The molecule has 206 valence electrons. The van der Waals surface area contributed by atoms with Gasteiger partial charge in [-0.05, 0) is 74.2 Å². The van der Waals surface area contributed by atoms with Crippen LogP contribution in [0.5, 0.6) is 5.75 Å². The van der Waals surface area contributed by atoms with E-state index >= 15 is 0 Å². The third-order valence-electron chi connectivity index (χ3n) is 7.05. The van der Waals surface area contributed by atoms with E-state index in [1.165, 1.54) is 4.90 Å². The van der Waals surface area contributed by atoms with Crippen molar-refractivity contribution in [3.63, 3.8) is 0 Å². The Bertz CT molecular complexity index is 1490. The number of para-hydroxylation sites is 1. The molecule has 2 heterocycles. The van der Waals surface area contributed by atoms with E-state index in [1.54, 1.807) is 17.7 Å². The molecule has 40 heavy (non-hydrogen) atoms. The highest BCUT2D eigenvalue weighted by molar-refractivity contribution is 6.19. The summed E-state index contributed by atoms with van der Waals surface area (Å²) in [6.45, 7) is 8.79. The molecule has 0 radical (unpaired) electrons. The first-order valence-corrected chi connectivity index (χ1v) is 14.0. The van der Waals surface area contributed by atoms with Gasteiger partial charge in [-0.1, -0.05) is 51.3 Å². The Morgan fingerprint density at radius 2 is 1.75 bits per heavy atom. The second-order valence-corrected chi connectivity index (χ2v) is 10.0. The summed E-state index contributed by atoms with van der Waals surface area (Å²) in [6, 6.07) is 17.7. The standard InChI is InChI=1S/C33H36N4O3/c1-5-7-8-12-17-36-32(38)29(24(4)30(21-34)33(36)39)20-25-22-37(26-13-10-9-11-14-26)35-31(25)28-16-15-27(19-23(28)3)40-18-6-2/h9-11,13-16,19-20,22H,5-8,12,17-18H2,1-4H3/b29-20+. The van der Waals surface area contributed by atoms with Crippen LogP contribution < -0.4 is 4.74 Å². The average molecular weight is 537 g/mol. The molecule has 1 aliphatic heterocycles. The van der Waals surface area contributed by atoms with Crippen molar-refractivity contribution in [3.05, 3.63) is 82.6 Å². The molecule has 0 aliphatic carbocycles. The van der Waals surface area contributed by atoms with Gasteiger partial charge in [0.15, 0.2) is 0 Å². The number of amides is 2. The monoisotopic (exact) mass is 536 g/mol. The summed E-state index contributed by atoms with van der Waals surface area (Å²) in [5.74, 6) is -0.101. The van der Waals surface area contributed by atoms with E-state index in [0.29, 0.717) is 36.4 Å². The number of hydrogen-bond acceptors (Lipinski definition) is 5. The molecule has 0 spiro atoms.